The number of carbonyl (C=O) groups excluding carboxylic acids is 1. The predicted molar refractivity (Wildman–Crippen MR) is 77.6 cm³/mol. The van der Waals surface area contributed by atoms with Gasteiger partial charge in [0.05, 0.1) is 0 Å². The minimum Gasteiger partial charge on any atom is -0.341 e. The van der Waals surface area contributed by atoms with E-state index < -0.39 is 6.04 Å². The summed E-state index contributed by atoms with van der Waals surface area (Å²) >= 11 is 0. The molecular weight excluding hydrogens is 236 g/mol. The van der Waals surface area contributed by atoms with Crippen LogP contribution in [0.25, 0.3) is 0 Å². The zero-order chi connectivity index (χ0) is 13.9. The molecule has 1 atom stereocenters. The van der Waals surface area contributed by atoms with Gasteiger partial charge in [-0.05, 0) is 23.8 Å². The first kappa shape index (κ1) is 14.1. The first-order valence-corrected chi connectivity index (χ1v) is 7.15. The zero-order valence-electron chi connectivity index (χ0n) is 11.9. The molecule has 1 aliphatic rings. The van der Waals surface area contributed by atoms with Crippen LogP contribution in [0.4, 0.5) is 0 Å². The molecule has 1 aliphatic heterocycles. The summed E-state index contributed by atoms with van der Waals surface area (Å²) in [6.07, 6.45) is 3.34. The summed E-state index contributed by atoms with van der Waals surface area (Å²) in [5, 5.41) is 0. The Morgan fingerprint density at radius 3 is 2.42 bits per heavy atom. The Kier molecular flexibility index (Phi) is 4.25. The van der Waals surface area contributed by atoms with E-state index in [1.54, 1.807) is 0 Å². The monoisotopic (exact) mass is 260 g/mol. The fourth-order valence-corrected chi connectivity index (χ4v) is 2.62. The number of amides is 1. The molecule has 3 heteroatoms. The summed E-state index contributed by atoms with van der Waals surface area (Å²) in [6.45, 7) is 6.21. The van der Waals surface area contributed by atoms with Crippen molar-refractivity contribution in [3.05, 3.63) is 35.9 Å². The summed E-state index contributed by atoms with van der Waals surface area (Å²) in [4.78, 5) is 14.3. The molecule has 0 aromatic heterocycles. The van der Waals surface area contributed by atoms with Crippen LogP contribution in [-0.4, -0.2) is 23.9 Å². The lowest BCUT2D eigenvalue weighted by atomic mass is 9.78. The highest BCUT2D eigenvalue weighted by atomic mass is 16.2. The molecule has 2 rings (SSSR count). The van der Waals surface area contributed by atoms with Gasteiger partial charge in [0.25, 0.3) is 0 Å². The van der Waals surface area contributed by atoms with Crippen molar-refractivity contribution >= 4 is 5.91 Å². The van der Waals surface area contributed by atoms with Crippen molar-refractivity contribution in [2.75, 3.05) is 13.1 Å². The van der Waals surface area contributed by atoms with Crippen LogP contribution in [0.1, 0.15) is 44.7 Å². The first-order valence-electron chi connectivity index (χ1n) is 7.15. The van der Waals surface area contributed by atoms with Crippen molar-refractivity contribution in [1.29, 1.82) is 0 Å². The number of likely N-dealkylation sites (tertiary alicyclic amines) is 1. The van der Waals surface area contributed by atoms with Crippen molar-refractivity contribution in [3.63, 3.8) is 0 Å². The maximum atomic E-state index is 12.4. The smallest absolute Gasteiger partial charge is 0.244 e. The molecule has 104 valence electrons. The molecule has 1 unspecified atom stereocenters. The Labute approximate surface area is 115 Å². The Morgan fingerprint density at radius 2 is 1.89 bits per heavy atom. The largest absolute Gasteiger partial charge is 0.341 e. The third kappa shape index (κ3) is 3.16. The number of carbonyl (C=O) groups is 1. The molecule has 2 N–H and O–H groups in total. The van der Waals surface area contributed by atoms with Crippen LogP contribution in [0.15, 0.2) is 30.3 Å². The molecule has 1 aromatic carbocycles. The second-order valence-corrected chi connectivity index (χ2v) is 5.88. The summed E-state index contributed by atoms with van der Waals surface area (Å²) < 4.78 is 0. The lowest BCUT2D eigenvalue weighted by molar-refractivity contribution is -0.135. The van der Waals surface area contributed by atoms with E-state index in [4.69, 9.17) is 5.73 Å². The highest BCUT2D eigenvalue weighted by molar-refractivity contribution is 5.83. The van der Waals surface area contributed by atoms with Crippen LogP contribution in [0.5, 0.6) is 0 Å². The Hall–Kier alpha value is -1.35. The molecule has 1 heterocycles. The van der Waals surface area contributed by atoms with Gasteiger partial charge in [-0.1, -0.05) is 50.6 Å². The number of rotatable bonds is 3. The molecule has 0 radical (unpaired) electrons. The Bertz CT molecular complexity index is 422. The van der Waals surface area contributed by atoms with Gasteiger partial charge in [-0.25, -0.2) is 0 Å². The van der Waals surface area contributed by atoms with Crippen LogP contribution >= 0.6 is 0 Å². The van der Waals surface area contributed by atoms with Gasteiger partial charge >= 0.3 is 0 Å². The molecule has 3 nitrogen and oxygen atoms in total. The van der Waals surface area contributed by atoms with Gasteiger partial charge in [0.1, 0.15) is 6.04 Å². The summed E-state index contributed by atoms with van der Waals surface area (Å²) in [5.74, 6) is 0.0596. The average molecular weight is 260 g/mol. The molecular formula is C16H24N2O. The van der Waals surface area contributed by atoms with Crippen LogP contribution in [-0.2, 0) is 4.79 Å². The number of nitrogens with two attached hydrogens (primary N) is 1. The zero-order valence-corrected chi connectivity index (χ0v) is 11.9. The average Bonchev–Trinajstić information content (AvgIpc) is 2.47. The van der Waals surface area contributed by atoms with Crippen LogP contribution in [0.3, 0.4) is 0 Å². The van der Waals surface area contributed by atoms with Crippen molar-refractivity contribution in [3.8, 4) is 0 Å². The third-order valence-corrected chi connectivity index (χ3v) is 4.56. The van der Waals surface area contributed by atoms with Crippen molar-refractivity contribution in [2.24, 2.45) is 11.1 Å². The Balaban J connectivity index is 1.98. The van der Waals surface area contributed by atoms with E-state index >= 15 is 0 Å². The molecule has 1 aromatic rings. The van der Waals surface area contributed by atoms with Gasteiger partial charge in [-0.3, -0.25) is 4.79 Å². The highest BCUT2D eigenvalue weighted by Gasteiger charge is 2.32. The van der Waals surface area contributed by atoms with Crippen molar-refractivity contribution in [1.82, 2.24) is 4.90 Å². The minimum absolute atomic E-state index is 0.0596. The lowest BCUT2D eigenvalue weighted by Gasteiger charge is -2.39. The van der Waals surface area contributed by atoms with Crippen LogP contribution < -0.4 is 5.73 Å². The van der Waals surface area contributed by atoms with E-state index in [9.17, 15) is 4.79 Å². The number of hydrogen-bond acceptors (Lipinski definition) is 2. The van der Waals surface area contributed by atoms with Gasteiger partial charge < -0.3 is 10.6 Å². The Morgan fingerprint density at radius 1 is 1.32 bits per heavy atom. The molecule has 0 bridgehead atoms. The van der Waals surface area contributed by atoms with Gasteiger partial charge in [-0.2, -0.15) is 0 Å². The van der Waals surface area contributed by atoms with E-state index in [1.165, 1.54) is 6.42 Å². The minimum atomic E-state index is -0.521. The number of benzene rings is 1. The molecule has 0 saturated carbocycles. The van der Waals surface area contributed by atoms with E-state index in [0.29, 0.717) is 5.41 Å². The normalized spacial score (nSPS) is 20.1. The van der Waals surface area contributed by atoms with E-state index in [-0.39, 0.29) is 5.91 Å². The molecule has 1 amide bonds. The number of piperidine rings is 1. The van der Waals surface area contributed by atoms with Crippen molar-refractivity contribution < 1.29 is 4.79 Å². The summed E-state index contributed by atoms with van der Waals surface area (Å²) in [7, 11) is 0. The maximum Gasteiger partial charge on any atom is 0.244 e. The lowest BCUT2D eigenvalue weighted by Crippen LogP contribution is -2.45. The predicted octanol–water partition coefficient (Wildman–Crippen LogP) is 2.73. The fraction of sp³-hybridized carbons (Fsp3) is 0.562. The molecule has 1 saturated heterocycles. The van der Waals surface area contributed by atoms with Gasteiger partial charge in [-0.15, -0.1) is 0 Å². The molecule has 0 spiro atoms. The number of nitrogens with zero attached hydrogens (tertiary/aromatic N) is 1. The third-order valence-electron chi connectivity index (χ3n) is 4.56. The second kappa shape index (κ2) is 5.74. The topological polar surface area (TPSA) is 46.3 Å². The van der Waals surface area contributed by atoms with Crippen LogP contribution in [0.2, 0.25) is 0 Å². The molecule has 19 heavy (non-hydrogen) atoms. The fourth-order valence-electron chi connectivity index (χ4n) is 2.62. The van der Waals surface area contributed by atoms with Gasteiger partial charge in [0, 0.05) is 13.1 Å². The van der Waals surface area contributed by atoms with Gasteiger partial charge in [0.15, 0.2) is 0 Å². The molecule has 1 fully saturated rings. The first-order chi connectivity index (χ1) is 9.06. The SMILES string of the molecule is CCC1(C)CCN(C(=O)C(N)c2ccccc2)CC1. The number of hydrogen-bond donors (Lipinski definition) is 1. The standard InChI is InChI=1S/C16H24N2O/c1-3-16(2)9-11-18(12-10-16)15(19)14(17)13-7-5-4-6-8-13/h4-8,14H,3,9-12,17H2,1-2H3. The maximum absolute atomic E-state index is 12.4. The summed E-state index contributed by atoms with van der Waals surface area (Å²) in [6, 6.07) is 9.10. The van der Waals surface area contributed by atoms with Gasteiger partial charge in [0.2, 0.25) is 5.91 Å². The van der Waals surface area contributed by atoms with E-state index in [1.807, 2.05) is 35.2 Å². The summed E-state index contributed by atoms with van der Waals surface area (Å²) in [5.41, 5.74) is 7.37. The molecule has 0 aliphatic carbocycles. The van der Waals surface area contributed by atoms with Crippen LogP contribution in [0, 0.1) is 5.41 Å². The second-order valence-electron chi connectivity index (χ2n) is 5.88. The van der Waals surface area contributed by atoms with E-state index in [2.05, 4.69) is 13.8 Å². The van der Waals surface area contributed by atoms with E-state index in [0.717, 1.165) is 31.5 Å². The van der Waals surface area contributed by atoms with Crippen molar-refractivity contribution in [2.45, 2.75) is 39.2 Å². The quantitative estimate of drug-likeness (QED) is 0.908. The highest BCUT2D eigenvalue weighted by Crippen LogP contribution is 2.34.